The Kier molecular flexibility index (Phi) is 7.06. The van der Waals surface area contributed by atoms with Gasteiger partial charge in [-0.15, -0.1) is 0 Å². The van der Waals surface area contributed by atoms with Crippen LogP contribution in [0, 0.1) is 0 Å². The fourth-order valence-electron chi connectivity index (χ4n) is 2.75. The molecule has 130 valence electrons. The van der Waals surface area contributed by atoms with Gasteiger partial charge in [-0.3, -0.25) is 4.90 Å². The molecule has 1 aliphatic rings. The average molecular weight is 470 g/mol. The van der Waals surface area contributed by atoms with Gasteiger partial charge in [0.2, 0.25) is 10.0 Å². The first-order chi connectivity index (χ1) is 10.8. The number of ether oxygens (including phenoxy) is 1. The molecule has 0 saturated carbocycles. The molecule has 2 unspecified atom stereocenters. The van der Waals surface area contributed by atoms with Crippen LogP contribution in [-0.4, -0.2) is 51.7 Å². The Balaban J connectivity index is 1.83. The zero-order chi connectivity index (χ0) is 17.0. The lowest BCUT2D eigenvalue weighted by Gasteiger charge is -2.35. The molecule has 0 aliphatic carbocycles. The second-order valence-electron chi connectivity index (χ2n) is 5.84. The van der Waals surface area contributed by atoms with Gasteiger partial charge in [-0.25, -0.2) is 13.1 Å². The number of nitrogens with zero attached hydrogens (tertiary/aromatic N) is 1. The second kappa shape index (κ2) is 8.40. The van der Waals surface area contributed by atoms with Crippen molar-refractivity contribution in [3.63, 3.8) is 0 Å². The van der Waals surface area contributed by atoms with Gasteiger partial charge in [0.25, 0.3) is 0 Å². The predicted octanol–water partition coefficient (Wildman–Crippen LogP) is 2.99. The maximum Gasteiger partial charge on any atom is 0.241 e. The first-order valence-electron chi connectivity index (χ1n) is 7.60. The van der Waals surface area contributed by atoms with E-state index in [2.05, 4.69) is 55.3 Å². The van der Waals surface area contributed by atoms with Crippen molar-refractivity contribution < 1.29 is 13.2 Å². The van der Waals surface area contributed by atoms with Gasteiger partial charge in [0.05, 0.1) is 17.1 Å². The van der Waals surface area contributed by atoms with Gasteiger partial charge in [0, 0.05) is 28.6 Å². The van der Waals surface area contributed by atoms with E-state index in [-0.39, 0.29) is 17.1 Å². The van der Waals surface area contributed by atoms with Gasteiger partial charge >= 0.3 is 0 Å². The van der Waals surface area contributed by atoms with Gasteiger partial charge in [0.1, 0.15) is 0 Å². The van der Waals surface area contributed by atoms with Crippen molar-refractivity contribution in [3.05, 3.63) is 27.1 Å². The maximum atomic E-state index is 12.3. The molecule has 1 saturated heterocycles. The molecule has 5 nitrogen and oxygen atoms in total. The minimum absolute atomic E-state index is 0.231. The van der Waals surface area contributed by atoms with Crippen LogP contribution < -0.4 is 4.72 Å². The highest BCUT2D eigenvalue weighted by molar-refractivity contribution is 9.11. The van der Waals surface area contributed by atoms with Crippen molar-refractivity contribution in [3.8, 4) is 0 Å². The van der Waals surface area contributed by atoms with Crippen LogP contribution in [0.5, 0.6) is 0 Å². The number of benzene rings is 1. The molecule has 0 bridgehead atoms. The summed E-state index contributed by atoms with van der Waals surface area (Å²) in [5.74, 6) is 0. The summed E-state index contributed by atoms with van der Waals surface area (Å²) in [5.41, 5.74) is 0. The number of hydrogen-bond donors (Lipinski definition) is 1. The van der Waals surface area contributed by atoms with E-state index in [9.17, 15) is 8.42 Å². The van der Waals surface area contributed by atoms with Crippen molar-refractivity contribution in [2.45, 2.75) is 37.4 Å². The predicted molar refractivity (Wildman–Crippen MR) is 98.1 cm³/mol. The van der Waals surface area contributed by atoms with Gasteiger partial charge < -0.3 is 4.74 Å². The van der Waals surface area contributed by atoms with E-state index in [4.69, 9.17) is 4.74 Å². The molecule has 0 amide bonds. The largest absolute Gasteiger partial charge is 0.373 e. The monoisotopic (exact) mass is 468 g/mol. The molecule has 1 aromatic carbocycles. The zero-order valence-corrected chi connectivity index (χ0v) is 17.2. The summed E-state index contributed by atoms with van der Waals surface area (Å²) in [6.07, 6.45) is 1.23. The van der Waals surface area contributed by atoms with Gasteiger partial charge in [-0.2, -0.15) is 0 Å². The quantitative estimate of drug-likeness (QED) is 0.650. The first-order valence-corrected chi connectivity index (χ1v) is 10.7. The summed E-state index contributed by atoms with van der Waals surface area (Å²) in [5, 5.41) is 0. The molecular formula is C15H22Br2N2O3S. The Morgan fingerprint density at radius 1 is 1.26 bits per heavy atom. The summed E-state index contributed by atoms with van der Waals surface area (Å²) in [7, 11) is -3.49. The van der Waals surface area contributed by atoms with E-state index in [0.717, 1.165) is 30.5 Å². The topological polar surface area (TPSA) is 58.6 Å². The molecule has 23 heavy (non-hydrogen) atoms. The fourth-order valence-corrected chi connectivity index (χ4v) is 5.56. The third-order valence-electron chi connectivity index (χ3n) is 3.62. The highest BCUT2D eigenvalue weighted by atomic mass is 79.9. The molecule has 1 aromatic rings. The van der Waals surface area contributed by atoms with E-state index >= 15 is 0 Å². The molecular weight excluding hydrogens is 448 g/mol. The van der Waals surface area contributed by atoms with Crippen molar-refractivity contribution in [2.75, 3.05) is 26.2 Å². The summed E-state index contributed by atoms with van der Waals surface area (Å²) in [6, 6.07) is 5.03. The number of sulfonamides is 1. The highest BCUT2D eigenvalue weighted by Gasteiger charge is 2.22. The van der Waals surface area contributed by atoms with Crippen LogP contribution in [0.4, 0.5) is 0 Å². The van der Waals surface area contributed by atoms with Crippen molar-refractivity contribution in [2.24, 2.45) is 0 Å². The molecule has 1 aliphatic heterocycles. The fraction of sp³-hybridized carbons (Fsp3) is 0.600. The number of rotatable bonds is 6. The van der Waals surface area contributed by atoms with Crippen LogP contribution in [0.15, 0.2) is 32.0 Å². The van der Waals surface area contributed by atoms with E-state index in [1.165, 1.54) is 0 Å². The van der Waals surface area contributed by atoms with Crippen LogP contribution in [-0.2, 0) is 14.8 Å². The molecule has 0 aromatic heterocycles. The van der Waals surface area contributed by atoms with Crippen molar-refractivity contribution in [1.29, 1.82) is 0 Å². The Morgan fingerprint density at radius 3 is 2.52 bits per heavy atom. The Morgan fingerprint density at radius 2 is 1.91 bits per heavy atom. The average Bonchev–Trinajstić information content (AvgIpc) is 2.42. The Bertz CT molecular complexity index is 630. The van der Waals surface area contributed by atoms with Crippen LogP contribution in [0.3, 0.4) is 0 Å². The summed E-state index contributed by atoms with van der Waals surface area (Å²) in [6.45, 7) is 7.21. The van der Waals surface area contributed by atoms with Crippen LogP contribution in [0.2, 0.25) is 0 Å². The minimum Gasteiger partial charge on any atom is -0.373 e. The lowest BCUT2D eigenvalue weighted by molar-refractivity contribution is -0.0679. The Labute approximate surface area is 155 Å². The van der Waals surface area contributed by atoms with Crippen LogP contribution in [0.1, 0.15) is 20.3 Å². The normalized spacial score (nSPS) is 23.1. The smallest absolute Gasteiger partial charge is 0.241 e. The molecule has 1 fully saturated rings. The number of nitrogens with one attached hydrogen (secondary N) is 1. The molecule has 0 radical (unpaired) electrons. The lowest BCUT2D eigenvalue weighted by Crippen LogP contribution is -2.46. The maximum absolute atomic E-state index is 12.3. The van der Waals surface area contributed by atoms with E-state index in [0.29, 0.717) is 11.0 Å². The minimum atomic E-state index is -3.49. The zero-order valence-electron chi connectivity index (χ0n) is 13.3. The summed E-state index contributed by atoms with van der Waals surface area (Å²) < 4.78 is 34.4. The summed E-state index contributed by atoms with van der Waals surface area (Å²) >= 11 is 6.62. The third-order valence-corrected chi connectivity index (χ3v) is 6.55. The summed E-state index contributed by atoms with van der Waals surface area (Å²) in [4.78, 5) is 2.58. The molecule has 8 heteroatoms. The molecule has 0 spiro atoms. The van der Waals surface area contributed by atoms with Crippen LogP contribution >= 0.6 is 31.9 Å². The lowest BCUT2D eigenvalue weighted by atomic mass is 10.2. The van der Waals surface area contributed by atoms with Gasteiger partial charge in [0.15, 0.2) is 0 Å². The van der Waals surface area contributed by atoms with E-state index in [1.54, 1.807) is 18.2 Å². The standard InChI is InChI=1S/C15H22Br2N2O3S/c1-11-9-19(10-12(2)22-11)7-3-6-18-23(20,21)15-5-4-13(16)8-14(15)17/h4-5,8,11-12,18H,3,6-7,9-10H2,1-2H3. The first kappa shape index (κ1) is 19.3. The molecule has 1 heterocycles. The molecule has 2 rings (SSSR count). The Hall–Kier alpha value is 0.01000. The number of morpholine rings is 1. The number of hydrogen-bond acceptors (Lipinski definition) is 4. The van der Waals surface area contributed by atoms with Gasteiger partial charge in [-0.05, 0) is 60.9 Å². The van der Waals surface area contributed by atoms with E-state index < -0.39 is 10.0 Å². The van der Waals surface area contributed by atoms with E-state index in [1.807, 2.05) is 0 Å². The van der Waals surface area contributed by atoms with Gasteiger partial charge in [-0.1, -0.05) is 15.9 Å². The van der Waals surface area contributed by atoms with Crippen molar-refractivity contribution in [1.82, 2.24) is 9.62 Å². The molecule has 1 N–H and O–H groups in total. The third kappa shape index (κ3) is 5.79. The second-order valence-corrected chi connectivity index (χ2v) is 9.35. The van der Waals surface area contributed by atoms with Crippen molar-refractivity contribution >= 4 is 41.9 Å². The highest BCUT2D eigenvalue weighted by Crippen LogP contribution is 2.25. The SMILES string of the molecule is CC1CN(CCCNS(=O)(=O)c2ccc(Br)cc2Br)CC(C)O1. The molecule has 2 atom stereocenters. The van der Waals surface area contributed by atoms with Crippen LogP contribution in [0.25, 0.3) is 0 Å². The number of halogens is 2.